The van der Waals surface area contributed by atoms with Crippen LogP contribution in [0.2, 0.25) is 0 Å². The number of nitrogens with two attached hydrogens (primary N) is 1. The highest BCUT2D eigenvalue weighted by molar-refractivity contribution is 6.06. The Balaban J connectivity index is 1.62. The maximum absolute atomic E-state index is 13.2. The third-order valence-electron chi connectivity index (χ3n) is 6.02. The van der Waals surface area contributed by atoms with Gasteiger partial charge in [0.1, 0.15) is 0 Å². The number of carbonyl (C=O) groups is 2. The summed E-state index contributed by atoms with van der Waals surface area (Å²) in [4.78, 5) is 29.1. The summed E-state index contributed by atoms with van der Waals surface area (Å²) in [5.74, 6) is -0.603. The van der Waals surface area contributed by atoms with Crippen LogP contribution in [0.1, 0.15) is 54.2 Å². The van der Waals surface area contributed by atoms with E-state index in [-0.39, 0.29) is 29.8 Å². The van der Waals surface area contributed by atoms with Gasteiger partial charge in [0.2, 0.25) is 5.91 Å². The lowest BCUT2D eigenvalue weighted by Gasteiger charge is -2.35. The zero-order chi connectivity index (χ0) is 22.1. The van der Waals surface area contributed by atoms with Crippen LogP contribution in [-0.4, -0.2) is 32.6 Å². The molecule has 2 aromatic heterocycles. The number of anilines is 1. The maximum atomic E-state index is 13.2. The summed E-state index contributed by atoms with van der Waals surface area (Å²) in [5.41, 5.74) is 9.50. The molecule has 1 aliphatic carbocycles. The van der Waals surface area contributed by atoms with E-state index in [0.29, 0.717) is 30.6 Å². The van der Waals surface area contributed by atoms with E-state index in [1.54, 1.807) is 17.1 Å². The van der Waals surface area contributed by atoms with Crippen LogP contribution in [0.15, 0.2) is 36.7 Å². The molecule has 3 aromatic rings. The van der Waals surface area contributed by atoms with Gasteiger partial charge in [0.05, 0.1) is 28.9 Å². The number of hydrogen-bond donors (Lipinski definition) is 3. The molecule has 8 nitrogen and oxygen atoms in total. The molecule has 2 heterocycles. The van der Waals surface area contributed by atoms with Crippen LogP contribution in [-0.2, 0) is 11.3 Å². The van der Waals surface area contributed by atoms with E-state index in [9.17, 15) is 9.59 Å². The monoisotopic (exact) mass is 420 g/mol. The first-order valence-corrected chi connectivity index (χ1v) is 10.6. The number of hydrogen-bond acceptors (Lipinski definition) is 5. The van der Waals surface area contributed by atoms with E-state index in [4.69, 9.17) is 5.73 Å². The van der Waals surface area contributed by atoms with Crippen LogP contribution in [0.5, 0.6) is 0 Å². The summed E-state index contributed by atoms with van der Waals surface area (Å²) < 4.78 is 1.80. The molecule has 0 radical (unpaired) electrons. The first kappa shape index (κ1) is 20.8. The maximum Gasteiger partial charge on any atom is 0.255 e. The normalized spacial score (nSPS) is 18.9. The van der Waals surface area contributed by atoms with E-state index < -0.39 is 0 Å². The topological polar surface area (TPSA) is 115 Å². The highest BCUT2D eigenvalue weighted by Gasteiger charge is 2.34. The Labute approximate surface area is 181 Å². The van der Waals surface area contributed by atoms with Gasteiger partial charge in [-0.3, -0.25) is 9.59 Å². The van der Waals surface area contributed by atoms with Crippen molar-refractivity contribution in [3.63, 3.8) is 0 Å². The lowest BCUT2D eigenvalue weighted by molar-refractivity contribution is -0.124. The van der Waals surface area contributed by atoms with Crippen molar-refractivity contribution in [2.75, 3.05) is 5.32 Å². The van der Waals surface area contributed by atoms with Gasteiger partial charge in [0.15, 0.2) is 5.65 Å². The predicted molar refractivity (Wildman–Crippen MR) is 120 cm³/mol. The third-order valence-corrected chi connectivity index (χ3v) is 6.02. The average Bonchev–Trinajstić information content (AvgIpc) is 3.13. The third kappa shape index (κ3) is 4.10. The molecule has 0 aliphatic heterocycles. The molecule has 0 saturated heterocycles. The zero-order valence-electron chi connectivity index (χ0n) is 18.1. The van der Waals surface area contributed by atoms with E-state index in [0.717, 1.165) is 16.6 Å². The number of aromatic nitrogens is 3. The molecule has 1 aliphatic rings. The SMILES string of the molecule is CCn1ncc2c(NC3CC(C(N)=O)C3)c(C(=O)N[C@H](C)c3ccc(C)cc3)cnc21. The molecule has 4 N–H and O–H groups in total. The van der Waals surface area contributed by atoms with Gasteiger partial charge >= 0.3 is 0 Å². The number of rotatable bonds is 7. The Kier molecular flexibility index (Phi) is 5.63. The Bertz CT molecular complexity index is 1120. The molecule has 4 rings (SSSR count). The molecule has 162 valence electrons. The van der Waals surface area contributed by atoms with Crippen LogP contribution in [0.3, 0.4) is 0 Å². The summed E-state index contributed by atoms with van der Waals surface area (Å²) in [5, 5.41) is 11.7. The van der Waals surface area contributed by atoms with Crippen molar-refractivity contribution in [3.8, 4) is 0 Å². The first-order valence-electron chi connectivity index (χ1n) is 10.6. The molecule has 0 bridgehead atoms. The number of amides is 2. The van der Waals surface area contributed by atoms with E-state index in [1.807, 2.05) is 45.0 Å². The number of carbonyl (C=O) groups excluding carboxylic acids is 2. The van der Waals surface area contributed by atoms with Crippen molar-refractivity contribution in [1.29, 1.82) is 0 Å². The molecule has 0 spiro atoms. The van der Waals surface area contributed by atoms with Crippen LogP contribution < -0.4 is 16.4 Å². The molecular formula is C23H28N6O2. The van der Waals surface area contributed by atoms with Crippen LogP contribution >= 0.6 is 0 Å². The number of fused-ring (bicyclic) bond motifs is 1. The number of nitrogens with one attached hydrogen (secondary N) is 2. The smallest absolute Gasteiger partial charge is 0.255 e. The van der Waals surface area contributed by atoms with Gasteiger partial charge in [-0.15, -0.1) is 0 Å². The summed E-state index contributed by atoms with van der Waals surface area (Å²) >= 11 is 0. The second-order valence-corrected chi connectivity index (χ2v) is 8.26. The fourth-order valence-corrected chi connectivity index (χ4v) is 3.97. The molecule has 2 amide bonds. The zero-order valence-corrected chi connectivity index (χ0v) is 18.1. The minimum absolute atomic E-state index is 0.0779. The lowest BCUT2D eigenvalue weighted by atomic mass is 9.79. The second-order valence-electron chi connectivity index (χ2n) is 8.26. The molecule has 0 unspecified atom stereocenters. The largest absolute Gasteiger partial charge is 0.381 e. The molecule has 1 aromatic carbocycles. The number of primary amides is 1. The minimum Gasteiger partial charge on any atom is -0.381 e. The lowest BCUT2D eigenvalue weighted by Crippen LogP contribution is -2.42. The van der Waals surface area contributed by atoms with Crippen molar-refractivity contribution in [2.24, 2.45) is 11.7 Å². The quantitative estimate of drug-likeness (QED) is 0.544. The Morgan fingerprint density at radius 2 is 1.94 bits per heavy atom. The predicted octanol–water partition coefficient (Wildman–Crippen LogP) is 2.93. The highest BCUT2D eigenvalue weighted by Crippen LogP contribution is 2.34. The Hall–Kier alpha value is -3.42. The highest BCUT2D eigenvalue weighted by atomic mass is 16.2. The van der Waals surface area contributed by atoms with E-state index >= 15 is 0 Å². The number of nitrogens with zero attached hydrogens (tertiary/aromatic N) is 3. The van der Waals surface area contributed by atoms with Crippen LogP contribution in [0.25, 0.3) is 11.0 Å². The van der Waals surface area contributed by atoms with Crippen molar-refractivity contribution < 1.29 is 9.59 Å². The molecule has 8 heteroatoms. The van der Waals surface area contributed by atoms with Gasteiger partial charge in [-0.2, -0.15) is 5.10 Å². The van der Waals surface area contributed by atoms with Crippen LogP contribution in [0, 0.1) is 12.8 Å². The summed E-state index contributed by atoms with van der Waals surface area (Å²) in [6.07, 6.45) is 4.64. The van der Waals surface area contributed by atoms with Gasteiger partial charge < -0.3 is 16.4 Å². The summed E-state index contributed by atoms with van der Waals surface area (Å²) in [7, 11) is 0. The van der Waals surface area contributed by atoms with Gasteiger partial charge in [-0.05, 0) is 39.2 Å². The standard InChI is InChI=1S/C23H28N6O2/c1-4-29-22-18(12-26-29)20(28-17-9-16(10-17)21(24)30)19(11-25-22)23(31)27-14(3)15-7-5-13(2)6-8-15/h5-8,11-12,14,16-17H,4,9-10H2,1-3H3,(H2,24,30)(H,25,28)(H,27,31)/t14-,16?,17?/m1/s1. The average molecular weight is 421 g/mol. The van der Waals surface area contributed by atoms with Crippen molar-refractivity contribution in [3.05, 3.63) is 53.3 Å². The van der Waals surface area contributed by atoms with Crippen molar-refractivity contribution in [1.82, 2.24) is 20.1 Å². The Morgan fingerprint density at radius 3 is 2.58 bits per heavy atom. The molecule has 1 fully saturated rings. The molecule has 1 saturated carbocycles. The van der Waals surface area contributed by atoms with E-state index in [2.05, 4.69) is 20.7 Å². The fourth-order valence-electron chi connectivity index (χ4n) is 3.97. The van der Waals surface area contributed by atoms with Crippen molar-refractivity contribution in [2.45, 2.75) is 52.2 Å². The second kappa shape index (κ2) is 8.37. The molecule has 1 atom stereocenters. The number of benzene rings is 1. The fraction of sp³-hybridized carbons (Fsp3) is 0.391. The summed E-state index contributed by atoms with van der Waals surface area (Å²) in [6, 6.07) is 8.02. The molecule has 31 heavy (non-hydrogen) atoms. The van der Waals surface area contributed by atoms with E-state index in [1.165, 1.54) is 5.56 Å². The summed E-state index contributed by atoms with van der Waals surface area (Å²) in [6.45, 7) is 6.67. The van der Waals surface area contributed by atoms with Gasteiger partial charge in [-0.25, -0.2) is 9.67 Å². The minimum atomic E-state index is -0.276. The number of pyridine rings is 1. The Morgan fingerprint density at radius 1 is 1.23 bits per heavy atom. The van der Waals surface area contributed by atoms with Crippen molar-refractivity contribution >= 4 is 28.5 Å². The van der Waals surface area contributed by atoms with Gasteiger partial charge in [0.25, 0.3) is 5.91 Å². The van der Waals surface area contributed by atoms with Gasteiger partial charge in [0, 0.05) is 24.7 Å². The van der Waals surface area contributed by atoms with Crippen LogP contribution in [0.4, 0.5) is 5.69 Å². The molecular weight excluding hydrogens is 392 g/mol. The number of aryl methyl sites for hydroxylation is 2. The van der Waals surface area contributed by atoms with Gasteiger partial charge in [-0.1, -0.05) is 29.8 Å². The first-order chi connectivity index (χ1) is 14.9.